The summed E-state index contributed by atoms with van der Waals surface area (Å²) in [5.41, 5.74) is 1.12. The minimum Gasteiger partial charge on any atom is -0.359 e. The van der Waals surface area contributed by atoms with Gasteiger partial charge >= 0.3 is 0 Å². The van der Waals surface area contributed by atoms with Crippen molar-refractivity contribution in [1.82, 2.24) is 4.98 Å². The van der Waals surface area contributed by atoms with Gasteiger partial charge in [0.1, 0.15) is 0 Å². The molecule has 0 spiro atoms. The fourth-order valence-electron chi connectivity index (χ4n) is 1.94. The van der Waals surface area contributed by atoms with E-state index in [1.165, 1.54) is 19.3 Å². The number of aromatic nitrogens is 1. The van der Waals surface area contributed by atoms with Crippen LogP contribution in [0, 0.1) is 12.8 Å². The Labute approximate surface area is 83.4 Å². The van der Waals surface area contributed by atoms with E-state index < -0.39 is 0 Å². The fraction of sp³-hybridized carbons (Fsp3) is 0.700. The lowest BCUT2D eigenvalue weighted by Gasteiger charge is -2.15. The van der Waals surface area contributed by atoms with E-state index in [-0.39, 0.29) is 0 Å². The average molecular weight is 196 g/mol. The third-order valence-corrected chi connectivity index (χ3v) is 3.68. The van der Waals surface area contributed by atoms with Crippen LogP contribution in [0.2, 0.25) is 0 Å². The van der Waals surface area contributed by atoms with Gasteiger partial charge in [-0.1, -0.05) is 13.3 Å². The molecule has 1 aliphatic rings. The molecule has 13 heavy (non-hydrogen) atoms. The summed E-state index contributed by atoms with van der Waals surface area (Å²) in [4.78, 5) is 4.42. The number of nitrogens with one attached hydrogen (secondary N) is 1. The zero-order valence-electron chi connectivity index (χ0n) is 8.21. The van der Waals surface area contributed by atoms with Crippen LogP contribution in [0.4, 0.5) is 5.13 Å². The van der Waals surface area contributed by atoms with E-state index in [1.807, 2.05) is 6.92 Å². The van der Waals surface area contributed by atoms with Crippen molar-refractivity contribution in [2.45, 2.75) is 39.2 Å². The standard InChI is InChI=1S/C10H16N2S/c1-7-4-3-5-9(7)12-10-11-8(2)6-13-10/h6-7,9H,3-5H2,1-2H3,(H,11,12). The average Bonchev–Trinajstić information content (AvgIpc) is 2.64. The van der Waals surface area contributed by atoms with E-state index in [0.717, 1.165) is 16.7 Å². The first-order valence-corrected chi connectivity index (χ1v) is 5.82. The van der Waals surface area contributed by atoms with Gasteiger partial charge in [-0.2, -0.15) is 0 Å². The summed E-state index contributed by atoms with van der Waals surface area (Å²) in [5, 5.41) is 6.71. The molecule has 0 saturated heterocycles. The highest BCUT2D eigenvalue weighted by Gasteiger charge is 2.23. The van der Waals surface area contributed by atoms with Gasteiger partial charge in [-0.25, -0.2) is 4.98 Å². The smallest absolute Gasteiger partial charge is 0.183 e. The van der Waals surface area contributed by atoms with Gasteiger partial charge in [0, 0.05) is 11.4 Å². The quantitative estimate of drug-likeness (QED) is 0.786. The first-order valence-electron chi connectivity index (χ1n) is 4.94. The van der Waals surface area contributed by atoms with Gasteiger partial charge in [-0.3, -0.25) is 0 Å². The van der Waals surface area contributed by atoms with E-state index in [0.29, 0.717) is 6.04 Å². The predicted octanol–water partition coefficient (Wildman–Crippen LogP) is 3.05. The molecule has 3 heteroatoms. The molecule has 0 aliphatic heterocycles. The van der Waals surface area contributed by atoms with Crippen LogP contribution < -0.4 is 5.32 Å². The zero-order valence-corrected chi connectivity index (χ0v) is 9.03. The highest BCUT2D eigenvalue weighted by molar-refractivity contribution is 7.13. The number of hydrogen-bond donors (Lipinski definition) is 1. The van der Waals surface area contributed by atoms with Gasteiger partial charge in [0.15, 0.2) is 5.13 Å². The van der Waals surface area contributed by atoms with Crippen LogP contribution in [0.15, 0.2) is 5.38 Å². The summed E-state index contributed by atoms with van der Waals surface area (Å²) < 4.78 is 0. The van der Waals surface area contributed by atoms with E-state index in [9.17, 15) is 0 Å². The Morgan fingerprint density at radius 3 is 2.92 bits per heavy atom. The van der Waals surface area contributed by atoms with Gasteiger partial charge in [-0.05, 0) is 25.7 Å². The third kappa shape index (κ3) is 2.02. The fourth-order valence-corrected chi connectivity index (χ4v) is 2.69. The molecule has 1 heterocycles. The van der Waals surface area contributed by atoms with Crippen LogP contribution in [-0.2, 0) is 0 Å². The normalized spacial score (nSPS) is 27.8. The maximum absolute atomic E-state index is 4.42. The van der Waals surface area contributed by atoms with Crippen molar-refractivity contribution < 1.29 is 0 Å². The number of nitrogens with zero attached hydrogens (tertiary/aromatic N) is 1. The Kier molecular flexibility index (Phi) is 2.54. The van der Waals surface area contributed by atoms with E-state index >= 15 is 0 Å². The molecule has 1 fully saturated rings. The summed E-state index contributed by atoms with van der Waals surface area (Å²) in [6, 6.07) is 0.658. The molecule has 0 radical (unpaired) electrons. The molecular weight excluding hydrogens is 180 g/mol. The maximum Gasteiger partial charge on any atom is 0.183 e. The number of anilines is 1. The summed E-state index contributed by atoms with van der Waals surface area (Å²) in [6.07, 6.45) is 4.03. The highest BCUT2D eigenvalue weighted by atomic mass is 32.1. The van der Waals surface area contributed by atoms with Crippen molar-refractivity contribution in [3.05, 3.63) is 11.1 Å². The molecule has 1 saturated carbocycles. The first kappa shape index (κ1) is 9.00. The molecule has 2 unspecified atom stereocenters. The van der Waals surface area contributed by atoms with Crippen molar-refractivity contribution >= 4 is 16.5 Å². The molecule has 0 bridgehead atoms. The monoisotopic (exact) mass is 196 g/mol. The SMILES string of the molecule is Cc1csc(NC2CCCC2C)n1. The molecule has 1 aromatic rings. The van der Waals surface area contributed by atoms with Crippen LogP contribution in [0.1, 0.15) is 31.9 Å². The van der Waals surface area contributed by atoms with Crippen LogP contribution >= 0.6 is 11.3 Å². The Morgan fingerprint density at radius 1 is 1.54 bits per heavy atom. The van der Waals surface area contributed by atoms with Gasteiger partial charge < -0.3 is 5.32 Å². The molecule has 2 nitrogen and oxygen atoms in total. The lowest BCUT2D eigenvalue weighted by molar-refractivity contribution is 0.556. The Balaban J connectivity index is 1.97. The van der Waals surface area contributed by atoms with Gasteiger partial charge in [0.05, 0.1) is 5.69 Å². The molecule has 0 amide bonds. The lowest BCUT2D eigenvalue weighted by atomic mass is 10.1. The van der Waals surface area contributed by atoms with Crippen molar-refractivity contribution in [2.75, 3.05) is 5.32 Å². The van der Waals surface area contributed by atoms with Gasteiger partial charge in [-0.15, -0.1) is 11.3 Å². The first-order chi connectivity index (χ1) is 6.25. The lowest BCUT2D eigenvalue weighted by Crippen LogP contribution is -2.21. The second-order valence-electron chi connectivity index (χ2n) is 3.95. The topological polar surface area (TPSA) is 24.9 Å². The summed E-state index contributed by atoms with van der Waals surface area (Å²) in [5.74, 6) is 0.809. The largest absolute Gasteiger partial charge is 0.359 e. The van der Waals surface area contributed by atoms with E-state index in [4.69, 9.17) is 0 Å². The summed E-state index contributed by atoms with van der Waals surface area (Å²) in [6.45, 7) is 4.37. The molecule has 2 rings (SSSR count). The summed E-state index contributed by atoms with van der Waals surface area (Å²) >= 11 is 1.72. The highest BCUT2D eigenvalue weighted by Crippen LogP contribution is 2.28. The zero-order chi connectivity index (χ0) is 9.26. The number of aryl methyl sites for hydroxylation is 1. The molecular formula is C10H16N2S. The van der Waals surface area contributed by atoms with E-state index in [2.05, 4.69) is 22.6 Å². The minimum atomic E-state index is 0.658. The maximum atomic E-state index is 4.42. The van der Waals surface area contributed by atoms with Gasteiger partial charge in [0.2, 0.25) is 0 Å². The molecule has 2 atom stereocenters. The molecule has 0 aromatic carbocycles. The second kappa shape index (κ2) is 3.66. The molecule has 1 aromatic heterocycles. The van der Waals surface area contributed by atoms with Crippen LogP contribution in [0.5, 0.6) is 0 Å². The Hall–Kier alpha value is -0.570. The molecule has 1 aliphatic carbocycles. The minimum absolute atomic E-state index is 0.658. The van der Waals surface area contributed by atoms with Crippen molar-refractivity contribution in [3.63, 3.8) is 0 Å². The Morgan fingerprint density at radius 2 is 2.38 bits per heavy atom. The number of hydrogen-bond acceptors (Lipinski definition) is 3. The van der Waals surface area contributed by atoms with Crippen LogP contribution in [0.3, 0.4) is 0 Å². The van der Waals surface area contributed by atoms with Crippen LogP contribution in [-0.4, -0.2) is 11.0 Å². The summed E-state index contributed by atoms with van der Waals surface area (Å²) in [7, 11) is 0. The number of rotatable bonds is 2. The second-order valence-corrected chi connectivity index (χ2v) is 4.81. The van der Waals surface area contributed by atoms with Gasteiger partial charge in [0.25, 0.3) is 0 Å². The van der Waals surface area contributed by atoms with E-state index in [1.54, 1.807) is 11.3 Å². The Bertz CT molecular complexity index is 282. The molecule has 72 valence electrons. The van der Waals surface area contributed by atoms with Crippen LogP contribution in [0.25, 0.3) is 0 Å². The predicted molar refractivity (Wildman–Crippen MR) is 57.3 cm³/mol. The van der Waals surface area contributed by atoms with Crippen molar-refractivity contribution in [1.29, 1.82) is 0 Å². The van der Waals surface area contributed by atoms with Crippen molar-refractivity contribution in [3.8, 4) is 0 Å². The number of thiazole rings is 1. The molecule has 1 N–H and O–H groups in total. The third-order valence-electron chi connectivity index (χ3n) is 2.79. The van der Waals surface area contributed by atoms with Crippen molar-refractivity contribution in [2.24, 2.45) is 5.92 Å².